The van der Waals surface area contributed by atoms with Gasteiger partial charge in [0.15, 0.2) is 11.5 Å². The van der Waals surface area contributed by atoms with Crippen LogP contribution < -0.4 is 14.8 Å². The largest absolute Gasteiger partial charge is 0.493 e. The maximum absolute atomic E-state index is 13.0. The summed E-state index contributed by atoms with van der Waals surface area (Å²) in [5, 5.41) is 4.70. The number of likely N-dealkylation sites (N-methyl/N-ethyl adjacent to an activating group) is 1. The average molecular weight is 391 g/mol. The lowest BCUT2D eigenvalue weighted by Crippen LogP contribution is -2.49. The van der Waals surface area contributed by atoms with Crippen LogP contribution in [0.3, 0.4) is 0 Å². The van der Waals surface area contributed by atoms with Gasteiger partial charge in [0, 0.05) is 19.2 Å². The van der Waals surface area contributed by atoms with Crippen LogP contribution >= 0.6 is 11.3 Å². The number of ether oxygens (including phenoxy) is 2. The standard InChI is InChI=1S/C20H26N2O4S/c1-13(2)17(21-19(23)16-10-7-11-27-16)20(24)22(3)12-14-8-6-9-15(25-4)18(14)26-5/h6-11,13,17H,12H2,1-5H3,(H,21,23)/t17-/m0/s1. The quantitative estimate of drug-likeness (QED) is 0.752. The van der Waals surface area contributed by atoms with Gasteiger partial charge in [0.05, 0.1) is 19.1 Å². The Bertz CT molecular complexity index is 774. The highest BCUT2D eigenvalue weighted by Crippen LogP contribution is 2.31. The first kappa shape index (κ1) is 20.8. The Labute approximate surface area is 164 Å². The number of benzene rings is 1. The van der Waals surface area contributed by atoms with Crippen molar-refractivity contribution in [2.45, 2.75) is 26.4 Å². The fourth-order valence-electron chi connectivity index (χ4n) is 2.78. The van der Waals surface area contributed by atoms with Crippen LogP contribution in [0.1, 0.15) is 29.1 Å². The van der Waals surface area contributed by atoms with Crippen LogP contribution in [0.5, 0.6) is 11.5 Å². The van der Waals surface area contributed by atoms with E-state index in [-0.39, 0.29) is 17.7 Å². The van der Waals surface area contributed by atoms with Crippen molar-refractivity contribution in [3.63, 3.8) is 0 Å². The summed E-state index contributed by atoms with van der Waals surface area (Å²) in [5.74, 6) is 0.783. The van der Waals surface area contributed by atoms with E-state index in [4.69, 9.17) is 9.47 Å². The molecule has 1 aromatic heterocycles. The zero-order chi connectivity index (χ0) is 20.0. The molecule has 1 heterocycles. The number of carbonyl (C=O) groups is 2. The number of methoxy groups -OCH3 is 2. The minimum Gasteiger partial charge on any atom is -0.493 e. The Morgan fingerprint density at radius 1 is 1.15 bits per heavy atom. The number of para-hydroxylation sites is 1. The van der Waals surface area contributed by atoms with Crippen LogP contribution in [0.15, 0.2) is 35.7 Å². The summed E-state index contributed by atoms with van der Waals surface area (Å²) in [5.41, 5.74) is 0.833. The smallest absolute Gasteiger partial charge is 0.262 e. The first-order valence-corrected chi connectivity index (χ1v) is 9.56. The lowest BCUT2D eigenvalue weighted by molar-refractivity contribution is -0.133. The molecule has 0 aliphatic rings. The number of nitrogens with one attached hydrogen (secondary N) is 1. The lowest BCUT2D eigenvalue weighted by Gasteiger charge is -2.27. The Hall–Kier alpha value is -2.54. The Balaban J connectivity index is 2.15. The van der Waals surface area contributed by atoms with E-state index in [2.05, 4.69) is 5.32 Å². The van der Waals surface area contributed by atoms with Crippen molar-refractivity contribution >= 4 is 23.2 Å². The maximum Gasteiger partial charge on any atom is 0.262 e. The molecule has 0 radical (unpaired) electrons. The number of hydrogen-bond donors (Lipinski definition) is 1. The van der Waals surface area contributed by atoms with Crippen molar-refractivity contribution in [1.29, 1.82) is 0 Å². The third-order valence-corrected chi connectivity index (χ3v) is 5.10. The molecule has 1 N–H and O–H groups in total. The van der Waals surface area contributed by atoms with Gasteiger partial charge in [0.1, 0.15) is 6.04 Å². The predicted molar refractivity (Wildman–Crippen MR) is 106 cm³/mol. The first-order chi connectivity index (χ1) is 12.9. The molecule has 0 saturated heterocycles. The van der Waals surface area contributed by atoms with Gasteiger partial charge in [0.25, 0.3) is 5.91 Å². The molecule has 2 aromatic rings. The molecule has 0 bridgehead atoms. The molecule has 0 saturated carbocycles. The van der Waals surface area contributed by atoms with Crippen molar-refractivity contribution in [2.75, 3.05) is 21.3 Å². The fraction of sp³-hybridized carbons (Fsp3) is 0.400. The van der Waals surface area contributed by atoms with E-state index in [0.29, 0.717) is 22.9 Å². The molecule has 2 rings (SSSR count). The highest BCUT2D eigenvalue weighted by Gasteiger charge is 2.28. The van der Waals surface area contributed by atoms with Crippen LogP contribution in [0.25, 0.3) is 0 Å². The number of rotatable bonds is 8. The SMILES string of the molecule is COc1cccc(CN(C)C(=O)[C@@H](NC(=O)c2cccs2)C(C)C)c1OC. The average Bonchev–Trinajstić information content (AvgIpc) is 3.19. The van der Waals surface area contributed by atoms with E-state index in [1.165, 1.54) is 11.3 Å². The van der Waals surface area contributed by atoms with Gasteiger partial charge >= 0.3 is 0 Å². The number of nitrogens with zero attached hydrogens (tertiary/aromatic N) is 1. The highest BCUT2D eigenvalue weighted by molar-refractivity contribution is 7.12. The van der Waals surface area contributed by atoms with Gasteiger partial charge in [-0.15, -0.1) is 11.3 Å². The highest BCUT2D eigenvalue weighted by atomic mass is 32.1. The van der Waals surface area contributed by atoms with Crippen LogP contribution in [-0.4, -0.2) is 44.0 Å². The number of thiophene rings is 1. The molecule has 6 nitrogen and oxygen atoms in total. The Morgan fingerprint density at radius 3 is 2.44 bits per heavy atom. The van der Waals surface area contributed by atoms with E-state index in [9.17, 15) is 9.59 Å². The summed E-state index contributed by atoms with van der Waals surface area (Å²) < 4.78 is 10.8. The van der Waals surface area contributed by atoms with Gasteiger partial charge in [-0.1, -0.05) is 32.0 Å². The van der Waals surface area contributed by atoms with Crippen molar-refractivity contribution < 1.29 is 19.1 Å². The molecule has 0 aliphatic carbocycles. The van der Waals surface area contributed by atoms with Gasteiger partial charge in [0.2, 0.25) is 5.91 Å². The summed E-state index contributed by atoms with van der Waals surface area (Å²) in [7, 11) is 4.86. The van der Waals surface area contributed by atoms with E-state index in [1.54, 1.807) is 32.2 Å². The maximum atomic E-state index is 13.0. The number of carbonyl (C=O) groups excluding carboxylic acids is 2. The number of hydrogen-bond acceptors (Lipinski definition) is 5. The summed E-state index contributed by atoms with van der Waals surface area (Å²) in [4.78, 5) is 27.6. The van der Waals surface area contributed by atoms with Crippen molar-refractivity contribution in [2.24, 2.45) is 5.92 Å². The molecule has 2 amide bonds. The second-order valence-electron chi connectivity index (χ2n) is 6.52. The Kier molecular flexibility index (Phi) is 7.24. The normalized spacial score (nSPS) is 11.8. The van der Waals surface area contributed by atoms with Gasteiger partial charge in [-0.2, -0.15) is 0 Å². The van der Waals surface area contributed by atoms with Crippen molar-refractivity contribution in [3.05, 3.63) is 46.2 Å². The summed E-state index contributed by atoms with van der Waals surface area (Å²) >= 11 is 1.35. The predicted octanol–water partition coefficient (Wildman–Crippen LogP) is 3.18. The molecule has 0 fully saturated rings. The third kappa shape index (κ3) is 5.01. The summed E-state index contributed by atoms with van der Waals surface area (Å²) in [6.45, 7) is 4.17. The molecule has 1 atom stereocenters. The van der Waals surface area contributed by atoms with Crippen LogP contribution in [0.4, 0.5) is 0 Å². The van der Waals surface area contributed by atoms with Crippen molar-refractivity contribution in [1.82, 2.24) is 10.2 Å². The topological polar surface area (TPSA) is 67.9 Å². The van der Waals surface area contributed by atoms with Crippen molar-refractivity contribution in [3.8, 4) is 11.5 Å². The Morgan fingerprint density at radius 2 is 1.89 bits per heavy atom. The zero-order valence-corrected chi connectivity index (χ0v) is 17.1. The van der Waals surface area contributed by atoms with Crippen LogP contribution in [0, 0.1) is 5.92 Å². The zero-order valence-electron chi connectivity index (χ0n) is 16.3. The molecular formula is C20H26N2O4S. The van der Waals surface area contributed by atoms with Gasteiger partial charge in [-0.05, 0) is 23.4 Å². The second kappa shape index (κ2) is 9.41. The van der Waals surface area contributed by atoms with Crippen LogP contribution in [-0.2, 0) is 11.3 Å². The van der Waals surface area contributed by atoms with E-state index in [0.717, 1.165) is 5.56 Å². The molecule has 146 valence electrons. The van der Waals surface area contributed by atoms with E-state index < -0.39 is 6.04 Å². The molecule has 27 heavy (non-hydrogen) atoms. The molecule has 0 aliphatic heterocycles. The third-order valence-electron chi connectivity index (χ3n) is 4.23. The van der Waals surface area contributed by atoms with E-state index in [1.807, 2.05) is 43.5 Å². The van der Waals surface area contributed by atoms with Gasteiger partial charge < -0.3 is 19.7 Å². The minimum absolute atomic E-state index is 0.0453. The lowest BCUT2D eigenvalue weighted by atomic mass is 10.0. The van der Waals surface area contributed by atoms with E-state index >= 15 is 0 Å². The molecule has 1 aromatic carbocycles. The molecule has 0 spiro atoms. The monoisotopic (exact) mass is 390 g/mol. The van der Waals surface area contributed by atoms with Crippen LogP contribution in [0.2, 0.25) is 0 Å². The second-order valence-corrected chi connectivity index (χ2v) is 7.47. The number of amides is 2. The fourth-order valence-corrected chi connectivity index (χ4v) is 3.41. The summed E-state index contributed by atoms with van der Waals surface area (Å²) in [6.07, 6.45) is 0. The molecule has 0 unspecified atom stereocenters. The van der Waals surface area contributed by atoms with Gasteiger partial charge in [-0.3, -0.25) is 9.59 Å². The minimum atomic E-state index is -0.610. The molecular weight excluding hydrogens is 364 g/mol. The summed E-state index contributed by atoms with van der Waals surface area (Å²) in [6, 6.07) is 8.50. The molecule has 7 heteroatoms. The van der Waals surface area contributed by atoms with Gasteiger partial charge in [-0.25, -0.2) is 0 Å². The first-order valence-electron chi connectivity index (χ1n) is 8.68.